The van der Waals surface area contributed by atoms with Gasteiger partial charge in [-0.1, -0.05) is 60.7 Å². The van der Waals surface area contributed by atoms with E-state index in [-0.39, 0.29) is 6.42 Å². The van der Waals surface area contributed by atoms with Crippen LogP contribution in [-0.4, -0.2) is 11.1 Å². The van der Waals surface area contributed by atoms with Crippen LogP contribution in [0.4, 0.5) is 0 Å². The summed E-state index contributed by atoms with van der Waals surface area (Å²) in [5, 5.41) is 11.0. The highest BCUT2D eigenvalue weighted by Gasteiger charge is 2.08. The molecule has 0 radical (unpaired) electrons. The maximum atomic E-state index is 10.3. The van der Waals surface area contributed by atoms with E-state index in [4.69, 9.17) is 10.8 Å². The second-order valence-electron chi connectivity index (χ2n) is 5.15. The van der Waals surface area contributed by atoms with Crippen LogP contribution in [0.2, 0.25) is 0 Å². The second kappa shape index (κ2) is 8.36. The van der Waals surface area contributed by atoms with Crippen LogP contribution in [0, 0.1) is 0 Å². The first-order chi connectivity index (χ1) is 11.1. The van der Waals surface area contributed by atoms with Crippen LogP contribution in [-0.2, 0) is 4.79 Å². The van der Waals surface area contributed by atoms with Crippen LogP contribution in [0.25, 0.3) is 10.8 Å². The highest BCUT2D eigenvalue weighted by molar-refractivity contribution is 7.80. The number of hydrogen-bond acceptors (Lipinski definition) is 3. The van der Waals surface area contributed by atoms with Gasteiger partial charge in [0.25, 0.3) is 0 Å². The molecule has 3 nitrogen and oxygen atoms in total. The first-order valence-electron chi connectivity index (χ1n) is 7.26. The van der Waals surface area contributed by atoms with E-state index >= 15 is 0 Å². The molecule has 0 saturated heterocycles. The maximum absolute atomic E-state index is 10.3. The Labute approximate surface area is 141 Å². The number of carboxylic acid groups (broad SMARTS) is 1. The van der Waals surface area contributed by atoms with E-state index in [1.54, 1.807) is 0 Å². The number of nitrogens with two attached hydrogens (primary N) is 1. The lowest BCUT2D eigenvalue weighted by Crippen LogP contribution is -2.14. The molecule has 0 aliphatic carbocycles. The molecule has 3 rings (SSSR count). The van der Waals surface area contributed by atoms with Gasteiger partial charge in [-0.15, -0.1) is 12.6 Å². The predicted molar refractivity (Wildman–Crippen MR) is 96.8 cm³/mol. The third-order valence-corrected chi connectivity index (χ3v) is 3.63. The summed E-state index contributed by atoms with van der Waals surface area (Å²) in [5.74, 6) is -0.869. The Morgan fingerprint density at radius 1 is 0.957 bits per heavy atom. The summed E-state index contributed by atoms with van der Waals surface area (Å²) >= 11 is 4.26. The van der Waals surface area contributed by atoms with Gasteiger partial charge in [-0.2, -0.15) is 0 Å². The fraction of sp³-hybridized carbons (Fsp3) is 0.105. The molecule has 0 heterocycles. The van der Waals surface area contributed by atoms with E-state index in [0.717, 1.165) is 10.5 Å². The highest BCUT2D eigenvalue weighted by Crippen LogP contribution is 2.17. The lowest BCUT2D eigenvalue weighted by molar-refractivity contribution is -0.137. The third kappa shape index (κ3) is 5.43. The van der Waals surface area contributed by atoms with Gasteiger partial charge in [-0.25, -0.2) is 0 Å². The van der Waals surface area contributed by atoms with Crippen molar-refractivity contribution in [2.75, 3.05) is 0 Å². The molecule has 0 aliphatic heterocycles. The smallest absolute Gasteiger partial charge is 0.305 e. The van der Waals surface area contributed by atoms with Gasteiger partial charge in [0.2, 0.25) is 0 Å². The van der Waals surface area contributed by atoms with Gasteiger partial charge in [-0.05, 0) is 28.5 Å². The van der Waals surface area contributed by atoms with E-state index < -0.39 is 12.0 Å². The van der Waals surface area contributed by atoms with Gasteiger partial charge in [0.15, 0.2) is 0 Å². The number of carbonyl (C=O) groups is 1. The summed E-state index contributed by atoms with van der Waals surface area (Å²) in [4.78, 5) is 11.3. The normalized spacial score (nSPS) is 11.4. The summed E-state index contributed by atoms with van der Waals surface area (Å²) < 4.78 is 0. The standard InChI is InChI=1S/C10H8S.C9H11NO2/c11-10-6-5-8-3-1-2-4-9(8)7-10;10-8(6-9(11)12)7-4-2-1-3-5-7/h1-7,11H;1-5,8H,6,10H2,(H,11,12). The first kappa shape index (κ1) is 17.1. The third-order valence-electron chi connectivity index (χ3n) is 3.36. The SMILES string of the molecule is NC(CC(=O)O)c1ccccc1.Sc1ccc2ccccc2c1. The Hall–Kier alpha value is -2.30. The Balaban J connectivity index is 0.000000167. The molecule has 118 valence electrons. The average molecular weight is 325 g/mol. The molecule has 0 bridgehead atoms. The van der Waals surface area contributed by atoms with Crippen molar-refractivity contribution in [2.45, 2.75) is 17.4 Å². The molecule has 0 aromatic heterocycles. The van der Waals surface area contributed by atoms with E-state index in [0.29, 0.717) is 0 Å². The zero-order chi connectivity index (χ0) is 16.7. The quantitative estimate of drug-likeness (QED) is 0.630. The Morgan fingerprint density at radius 2 is 1.57 bits per heavy atom. The highest BCUT2D eigenvalue weighted by atomic mass is 32.1. The van der Waals surface area contributed by atoms with Crippen molar-refractivity contribution in [3.63, 3.8) is 0 Å². The summed E-state index contributed by atoms with van der Waals surface area (Å²) in [6, 6.07) is 23.2. The average Bonchev–Trinajstić information content (AvgIpc) is 2.55. The van der Waals surface area contributed by atoms with Gasteiger partial charge >= 0.3 is 5.97 Å². The Morgan fingerprint density at radius 3 is 2.22 bits per heavy atom. The van der Waals surface area contributed by atoms with Crippen molar-refractivity contribution < 1.29 is 9.90 Å². The first-order valence-corrected chi connectivity index (χ1v) is 7.71. The number of aliphatic carboxylic acids is 1. The summed E-state index contributed by atoms with van der Waals surface area (Å²) in [6.07, 6.45) is -0.0238. The zero-order valence-electron chi connectivity index (χ0n) is 12.6. The molecule has 0 fully saturated rings. The molecule has 0 amide bonds. The monoisotopic (exact) mass is 325 g/mol. The summed E-state index contributed by atoms with van der Waals surface area (Å²) in [5.41, 5.74) is 6.48. The molecular formula is C19H19NO2S. The molecule has 23 heavy (non-hydrogen) atoms. The molecule has 0 spiro atoms. The molecule has 0 aliphatic rings. The fourth-order valence-electron chi connectivity index (χ4n) is 2.18. The molecule has 1 unspecified atom stereocenters. The van der Waals surface area contributed by atoms with Gasteiger partial charge in [0, 0.05) is 10.9 Å². The van der Waals surface area contributed by atoms with Gasteiger partial charge in [0.05, 0.1) is 6.42 Å². The van der Waals surface area contributed by atoms with Crippen LogP contribution < -0.4 is 5.73 Å². The maximum Gasteiger partial charge on any atom is 0.305 e. The van der Waals surface area contributed by atoms with Crippen LogP contribution in [0.5, 0.6) is 0 Å². The van der Waals surface area contributed by atoms with Crippen LogP contribution >= 0.6 is 12.6 Å². The van der Waals surface area contributed by atoms with E-state index in [9.17, 15) is 4.79 Å². The lowest BCUT2D eigenvalue weighted by atomic mass is 10.1. The van der Waals surface area contributed by atoms with Gasteiger partial charge in [-0.3, -0.25) is 4.79 Å². The Kier molecular flexibility index (Phi) is 6.20. The largest absolute Gasteiger partial charge is 0.481 e. The van der Waals surface area contributed by atoms with Crippen molar-refractivity contribution in [3.05, 3.63) is 78.4 Å². The topological polar surface area (TPSA) is 63.3 Å². The lowest BCUT2D eigenvalue weighted by Gasteiger charge is -2.07. The fourth-order valence-corrected chi connectivity index (χ4v) is 2.40. The number of hydrogen-bond donors (Lipinski definition) is 3. The molecule has 4 heteroatoms. The summed E-state index contributed by atoms with van der Waals surface area (Å²) in [6.45, 7) is 0. The van der Waals surface area contributed by atoms with E-state index in [1.807, 2.05) is 48.5 Å². The van der Waals surface area contributed by atoms with Crippen molar-refractivity contribution in [2.24, 2.45) is 5.73 Å². The molecular weight excluding hydrogens is 306 g/mol. The Bertz CT molecular complexity index is 774. The molecule has 3 aromatic carbocycles. The zero-order valence-corrected chi connectivity index (χ0v) is 13.5. The van der Waals surface area contributed by atoms with E-state index in [1.165, 1.54) is 10.8 Å². The number of rotatable bonds is 3. The van der Waals surface area contributed by atoms with Crippen molar-refractivity contribution in [1.82, 2.24) is 0 Å². The number of carboxylic acids is 1. The summed E-state index contributed by atoms with van der Waals surface area (Å²) in [7, 11) is 0. The number of fused-ring (bicyclic) bond motifs is 1. The van der Waals surface area contributed by atoms with Crippen LogP contribution in [0.1, 0.15) is 18.0 Å². The van der Waals surface area contributed by atoms with Crippen molar-refractivity contribution in [1.29, 1.82) is 0 Å². The van der Waals surface area contributed by atoms with Crippen LogP contribution in [0.3, 0.4) is 0 Å². The molecule has 3 aromatic rings. The van der Waals surface area contributed by atoms with Crippen molar-refractivity contribution >= 4 is 29.4 Å². The minimum atomic E-state index is -0.869. The van der Waals surface area contributed by atoms with Crippen LogP contribution in [0.15, 0.2) is 77.7 Å². The van der Waals surface area contributed by atoms with E-state index in [2.05, 4.69) is 36.9 Å². The molecule has 0 saturated carbocycles. The predicted octanol–water partition coefficient (Wildman–Crippen LogP) is 4.29. The van der Waals surface area contributed by atoms with Crippen molar-refractivity contribution in [3.8, 4) is 0 Å². The molecule has 3 N–H and O–H groups in total. The molecule has 1 atom stereocenters. The van der Waals surface area contributed by atoms with Gasteiger partial charge < -0.3 is 10.8 Å². The number of benzene rings is 3. The van der Waals surface area contributed by atoms with Gasteiger partial charge in [0.1, 0.15) is 0 Å². The minimum Gasteiger partial charge on any atom is -0.481 e. The second-order valence-corrected chi connectivity index (χ2v) is 5.66. The minimum absolute atomic E-state index is 0.0238. The number of thiol groups is 1.